The lowest BCUT2D eigenvalue weighted by atomic mass is 10.1. The maximum atomic E-state index is 14.0. The minimum atomic E-state index is -4.38. The maximum Gasteiger partial charge on any atom is 0.411 e. The summed E-state index contributed by atoms with van der Waals surface area (Å²) in [7, 11) is 0. The number of halogens is 4. The Morgan fingerprint density at radius 2 is 2.05 bits per heavy atom. The number of hydrogen-bond donors (Lipinski definition) is 1. The average Bonchev–Trinajstić information content (AvgIpc) is 2.74. The second-order valence-corrected chi connectivity index (χ2v) is 5.64. The van der Waals surface area contributed by atoms with Crippen molar-refractivity contribution in [1.82, 2.24) is 5.32 Å². The lowest BCUT2D eigenvalue weighted by Crippen LogP contribution is -2.17. The Morgan fingerprint density at radius 3 is 2.71 bits per heavy atom. The molecule has 2 rings (SSSR count). The molecule has 0 aliphatic heterocycles. The zero-order valence-electron chi connectivity index (χ0n) is 11.4. The van der Waals surface area contributed by atoms with Gasteiger partial charge in [0.2, 0.25) is 0 Å². The Balaban J connectivity index is 2.28. The molecule has 1 N–H and O–H groups in total. The third kappa shape index (κ3) is 4.15. The minimum Gasteiger partial charge on any atom is -0.367 e. The van der Waals surface area contributed by atoms with Gasteiger partial charge in [-0.25, -0.2) is 4.39 Å². The van der Waals surface area contributed by atoms with Crippen molar-refractivity contribution in [3.63, 3.8) is 0 Å². The van der Waals surface area contributed by atoms with Crippen LogP contribution in [0.1, 0.15) is 17.4 Å². The molecule has 2 aromatic rings. The van der Waals surface area contributed by atoms with Crippen LogP contribution in [0.15, 0.2) is 18.2 Å². The molecular formula is C14H15F4NOS. The normalized spacial score (nSPS) is 12.2. The highest BCUT2D eigenvalue weighted by atomic mass is 32.1. The summed E-state index contributed by atoms with van der Waals surface area (Å²) >= 11 is 1.37. The van der Waals surface area contributed by atoms with Crippen LogP contribution < -0.4 is 5.32 Å². The van der Waals surface area contributed by atoms with Crippen LogP contribution in [0.2, 0.25) is 0 Å². The van der Waals surface area contributed by atoms with E-state index < -0.39 is 18.6 Å². The molecular weight excluding hydrogens is 306 g/mol. The number of nitrogens with one attached hydrogen (secondary N) is 1. The van der Waals surface area contributed by atoms with Gasteiger partial charge in [-0.05, 0) is 18.7 Å². The largest absolute Gasteiger partial charge is 0.411 e. The Labute approximate surface area is 123 Å². The van der Waals surface area contributed by atoms with Crippen LogP contribution in [0.3, 0.4) is 0 Å². The monoisotopic (exact) mass is 321 g/mol. The zero-order valence-corrected chi connectivity index (χ0v) is 12.2. The van der Waals surface area contributed by atoms with Crippen molar-refractivity contribution in [2.75, 3.05) is 13.2 Å². The Hall–Kier alpha value is -1.18. The molecule has 1 aromatic carbocycles. The molecule has 7 heteroatoms. The zero-order chi connectivity index (χ0) is 15.5. The predicted molar refractivity (Wildman–Crippen MR) is 74.9 cm³/mol. The molecule has 1 aromatic heterocycles. The summed E-state index contributed by atoms with van der Waals surface area (Å²) < 4.78 is 55.9. The molecule has 0 aliphatic rings. The fourth-order valence-corrected chi connectivity index (χ4v) is 3.21. The van der Waals surface area contributed by atoms with Gasteiger partial charge in [0.25, 0.3) is 0 Å². The number of hydrogen-bond acceptors (Lipinski definition) is 3. The van der Waals surface area contributed by atoms with E-state index in [0.717, 1.165) is 11.4 Å². The molecule has 0 amide bonds. The van der Waals surface area contributed by atoms with E-state index in [2.05, 4.69) is 5.32 Å². The van der Waals surface area contributed by atoms with Gasteiger partial charge in [-0.3, -0.25) is 0 Å². The van der Waals surface area contributed by atoms with Gasteiger partial charge in [-0.1, -0.05) is 13.0 Å². The van der Waals surface area contributed by atoms with Crippen molar-refractivity contribution in [2.24, 2.45) is 0 Å². The summed E-state index contributed by atoms with van der Waals surface area (Å²) in [4.78, 5) is 0.805. The summed E-state index contributed by atoms with van der Waals surface area (Å²) in [5.41, 5.74) is 0.498. The average molecular weight is 321 g/mol. The van der Waals surface area contributed by atoms with E-state index in [1.165, 1.54) is 17.4 Å². The molecule has 0 atom stereocenters. The standard InChI is InChI=1S/C14H15F4NOS/c1-2-19-6-12-9(7-20-8-14(16,17)18)13-10(15)4-3-5-11(13)21-12/h3-5,19H,2,6-8H2,1H3. The van der Waals surface area contributed by atoms with Gasteiger partial charge >= 0.3 is 6.18 Å². The third-order valence-electron chi connectivity index (χ3n) is 2.89. The molecule has 0 spiro atoms. The molecule has 0 radical (unpaired) electrons. The van der Waals surface area contributed by atoms with Crippen LogP contribution in [0, 0.1) is 5.82 Å². The van der Waals surface area contributed by atoms with E-state index in [1.807, 2.05) is 6.92 Å². The van der Waals surface area contributed by atoms with Crippen LogP contribution in [0.4, 0.5) is 17.6 Å². The molecule has 2 nitrogen and oxygen atoms in total. The SMILES string of the molecule is CCNCc1sc2cccc(F)c2c1COCC(F)(F)F. The minimum absolute atomic E-state index is 0.249. The highest BCUT2D eigenvalue weighted by Gasteiger charge is 2.28. The van der Waals surface area contributed by atoms with Gasteiger partial charge < -0.3 is 10.1 Å². The van der Waals surface area contributed by atoms with Gasteiger partial charge in [0.1, 0.15) is 12.4 Å². The fraction of sp³-hybridized carbons (Fsp3) is 0.429. The van der Waals surface area contributed by atoms with Gasteiger partial charge in [0.05, 0.1) is 6.61 Å². The van der Waals surface area contributed by atoms with Crippen LogP contribution in [0.5, 0.6) is 0 Å². The molecule has 1 heterocycles. The van der Waals surface area contributed by atoms with Crippen LogP contribution in [-0.4, -0.2) is 19.3 Å². The highest BCUT2D eigenvalue weighted by Crippen LogP contribution is 2.34. The van der Waals surface area contributed by atoms with Crippen molar-refractivity contribution in [1.29, 1.82) is 0 Å². The van der Waals surface area contributed by atoms with E-state index >= 15 is 0 Å². The van der Waals surface area contributed by atoms with Crippen LogP contribution >= 0.6 is 11.3 Å². The van der Waals surface area contributed by atoms with Gasteiger partial charge in [0.15, 0.2) is 0 Å². The van der Waals surface area contributed by atoms with Crippen molar-refractivity contribution in [2.45, 2.75) is 26.3 Å². The smallest absolute Gasteiger partial charge is 0.367 e. The molecule has 0 saturated carbocycles. The number of benzene rings is 1. The first kappa shape index (κ1) is 16.2. The first-order chi connectivity index (χ1) is 9.92. The first-order valence-corrected chi connectivity index (χ1v) is 7.28. The molecule has 116 valence electrons. The van der Waals surface area contributed by atoms with E-state index in [1.54, 1.807) is 12.1 Å². The lowest BCUT2D eigenvalue weighted by Gasteiger charge is -2.09. The number of ether oxygens (including phenoxy) is 1. The van der Waals surface area contributed by atoms with Crippen molar-refractivity contribution < 1.29 is 22.3 Å². The van der Waals surface area contributed by atoms with E-state index in [-0.39, 0.29) is 6.61 Å². The summed E-state index contributed by atoms with van der Waals surface area (Å²) in [6.45, 7) is 1.55. The second kappa shape index (κ2) is 6.72. The predicted octanol–water partition coefficient (Wildman–Crippen LogP) is 4.23. The number of thiophene rings is 1. The molecule has 0 bridgehead atoms. The second-order valence-electron chi connectivity index (χ2n) is 4.51. The topological polar surface area (TPSA) is 21.3 Å². The van der Waals surface area contributed by atoms with E-state index in [9.17, 15) is 17.6 Å². The summed E-state index contributed by atoms with van der Waals surface area (Å²) in [5.74, 6) is -0.433. The number of rotatable bonds is 6. The molecule has 0 aliphatic carbocycles. The molecule has 21 heavy (non-hydrogen) atoms. The summed E-state index contributed by atoms with van der Waals surface area (Å²) in [6, 6.07) is 4.65. The van der Waals surface area contributed by atoms with Gasteiger partial charge in [0, 0.05) is 27.1 Å². The lowest BCUT2D eigenvalue weighted by molar-refractivity contribution is -0.176. The van der Waals surface area contributed by atoms with Crippen molar-refractivity contribution in [3.05, 3.63) is 34.5 Å². The Bertz CT molecular complexity index is 609. The Morgan fingerprint density at radius 1 is 1.29 bits per heavy atom. The van der Waals surface area contributed by atoms with Gasteiger partial charge in [-0.15, -0.1) is 11.3 Å². The van der Waals surface area contributed by atoms with Crippen LogP contribution in [0.25, 0.3) is 10.1 Å². The van der Waals surface area contributed by atoms with E-state index in [4.69, 9.17) is 4.74 Å². The van der Waals surface area contributed by atoms with Gasteiger partial charge in [-0.2, -0.15) is 13.2 Å². The van der Waals surface area contributed by atoms with Crippen LogP contribution in [-0.2, 0) is 17.9 Å². The van der Waals surface area contributed by atoms with Crippen molar-refractivity contribution in [3.8, 4) is 0 Å². The van der Waals surface area contributed by atoms with E-state index in [0.29, 0.717) is 22.2 Å². The number of fused-ring (bicyclic) bond motifs is 1. The molecule has 0 unspecified atom stereocenters. The van der Waals surface area contributed by atoms with Crippen molar-refractivity contribution >= 4 is 21.4 Å². The molecule has 0 fully saturated rings. The highest BCUT2D eigenvalue weighted by molar-refractivity contribution is 7.19. The molecule has 0 saturated heterocycles. The Kier molecular flexibility index (Phi) is 5.18. The maximum absolute atomic E-state index is 14.0. The fourth-order valence-electron chi connectivity index (χ4n) is 2.02. The number of alkyl halides is 3. The summed E-state index contributed by atoms with van der Waals surface area (Å²) in [6.07, 6.45) is -4.38. The quantitative estimate of drug-likeness (QED) is 0.804. The third-order valence-corrected chi connectivity index (χ3v) is 4.09. The first-order valence-electron chi connectivity index (χ1n) is 6.46. The summed E-state index contributed by atoms with van der Waals surface area (Å²) in [5, 5.41) is 3.46.